The fourth-order valence-corrected chi connectivity index (χ4v) is 1.83. The van der Waals surface area contributed by atoms with E-state index in [-0.39, 0.29) is 11.1 Å². The van der Waals surface area contributed by atoms with E-state index in [2.05, 4.69) is 10.3 Å². The van der Waals surface area contributed by atoms with Crippen molar-refractivity contribution in [1.29, 1.82) is 0 Å². The largest absolute Gasteiger partial charge is 0.491 e. The lowest BCUT2D eigenvalue weighted by molar-refractivity contribution is 0.102. The third kappa shape index (κ3) is 4.73. The maximum absolute atomic E-state index is 12.1. The zero-order valence-corrected chi connectivity index (χ0v) is 12.3. The second kappa shape index (κ2) is 7.61. The quantitative estimate of drug-likeness (QED) is 0.658. The molecule has 110 valence electrons. The third-order valence-electron chi connectivity index (χ3n) is 2.64. The topological polar surface area (TPSA) is 60.5 Å². The van der Waals surface area contributed by atoms with Gasteiger partial charge < -0.3 is 14.8 Å². The number of amides is 1. The highest BCUT2D eigenvalue weighted by Gasteiger charge is 2.07. The summed E-state index contributed by atoms with van der Waals surface area (Å²) < 4.78 is 10.4. The van der Waals surface area contributed by atoms with Crippen LogP contribution in [0.15, 0.2) is 42.6 Å². The molecule has 0 aliphatic heterocycles. The van der Waals surface area contributed by atoms with Crippen LogP contribution in [-0.4, -0.2) is 31.2 Å². The number of aromatic nitrogens is 1. The molecular weight excluding hydrogens is 292 g/mol. The van der Waals surface area contributed by atoms with Crippen molar-refractivity contribution in [3.8, 4) is 5.75 Å². The molecule has 1 aromatic carbocycles. The average molecular weight is 307 g/mol. The summed E-state index contributed by atoms with van der Waals surface area (Å²) in [5.41, 5.74) is 1.09. The van der Waals surface area contributed by atoms with Crippen LogP contribution in [0.1, 0.15) is 10.4 Å². The first-order valence-electron chi connectivity index (χ1n) is 6.34. The highest BCUT2D eigenvalue weighted by Crippen LogP contribution is 2.18. The SMILES string of the molecule is COCCOc1cccc(NC(=O)c2ccnc(Cl)c2)c1. The number of halogens is 1. The van der Waals surface area contributed by atoms with Gasteiger partial charge in [-0.3, -0.25) is 4.79 Å². The molecule has 0 aliphatic carbocycles. The summed E-state index contributed by atoms with van der Waals surface area (Å²) in [6.45, 7) is 0.958. The van der Waals surface area contributed by atoms with Gasteiger partial charge in [-0.25, -0.2) is 4.98 Å². The molecule has 1 heterocycles. The van der Waals surface area contributed by atoms with E-state index in [1.807, 2.05) is 6.07 Å². The van der Waals surface area contributed by atoms with Crippen LogP contribution in [0.4, 0.5) is 5.69 Å². The minimum atomic E-state index is -0.256. The number of carbonyl (C=O) groups excluding carboxylic acids is 1. The summed E-state index contributed by atoms with van der Waals surface area (Å²) >= 11 is 5.77. The number of anilines is 1. The van der Waals surface area contributed by atoms with E-state index < -0.39 is 0 Å². The summed E-state index contributed by atoms with van der Waals surface area (Å²) in [4.78, 5) is 15.9. The zero-order chi connectivity index (χ0) is 15.1. The van der Waals surface area contributed by atoms with E-state index in [0.29, 0.717) is 30.2 Å². The Labute approximate surface area is 127 Å². The molecule has 0 aliphatic rings. The molecule has 0 bridgehead atoms. The van der Waals surface area contributed by atoms with Gasteiger partial charge in [0.1, 0.15) is 17.5 Å². The van der Waals surface area contributed by atoms with Crippen molar-refractivity contribution in [2.24, 2.45) is 0 Å². The Morgan fingerprint density at radius 2 is 2.14 bits per heavy atom. The predicted octanol–water partition coefficient (Wildman–Crippen LogP) is 3.01. The van der Waals surface area contributed by atoms with Gasteiger partial charge >= 0.3 is 0 Å². The number of hydrogen-bond donors (Lipinski definition) is 1. The molecule has 0 atom stereocenters. The van der Waals surface area contributed by atoms with Gasteiger partial charge in [0, 0.05) is 30.6 Å². The van der Waals surface area contributed by atoms with Crippen molar-refractivity contribution in [3.05, 3.63) is 53.3 Å². The zero-order valence-electron chi connectivity index (χ0n) is 11.5. The summed E-state index contributed by atoms with van der Waals surface area (Å²) in [7, 11) is 1.61. The van der Waals surface area contributed by atoms with E-state index in [1.54, 1.807) is 31.4 Å². The molecule has 2 rings (SSSR count). The molecule has 0 unspecified atom stereocenters. The van der Waals surface area contributed by atoms with Gasteiger partial charge in [0.15, 0.2) is 0 Å². The second-order valence-corrected chi connectivity index (χ2v) is 4.58. The van der Waals surface area contributed by atoms with E-state index in [0.717, 1.165) is 0 Å². The van der Waals surface area contributed by atoms with Crippen molar-refractivity contribution < 1.29 is 14.3 Å². The first kappa shape index (κ1) is 15.3. The Kier molecular flexibility index (Phi) is 5.54. The number of rotatable bonds is 6. The predicted molar refractivity (Wildman–Crippen MR) is 81.0 cm³/mol. The summed E-state index contributed by atoms with van der Waals surface area (Å²) in [5.74, 6) is 0.408. The number of hydrogen-bond acceptors (Lipinski definition) is 4. The number of benzene rings is 1. The van der Waals surface area contributed by atoms with Gasteiger partial charge in [-0.15, -0.1) is 0 Å². The Morgan fingerprint density at radius 3 is 2.90 bits per heavy atom. The minimum absolute atomic E-state index is 0.256. The number of pyridine rings is 1. The lowest BCUT2D eigenvalue weighted by Gasteiger charge is -2.09. The Balaban J connectivity index is 2.02. The molecule has 0 fully saturated rings. The van der Waals surface area contributed by atoms with Crippen molar-refractivity contribution in [2.75, 3.05) is 25.6 Å². The van der Waals surface area contributed by atoms with Gasteiger partial charge in [0.25, 0.3) is 5.91 Å². The maximum atomic E-state index is 12.1. The van der Waals surface area contributed by atoms with E-state index in [9.17, 15) is 4.79 Å². The van der Waals surface area contributed by atoms with Gasteiger partial charge in [-0.2, -0.15) is 0 Å². The van der Waals surface area contributed by atoms with Crippen molar-refractivity contribution in [1.82, 2.24) is 4.98 Å². The smallest absolute Gasteiger partial charge is 0.255 e. The molecule has 1 N–H and O–H groups in total. The van der Waals surface area contributed by atoms with E-state index in [4.69, 9.17) is 21.1 Å². The van der Waals surface area contributed by atoms with Gasteiger partial charge in [0.2, 0.25) is 0 Å². The summed E-state index contributed by atoms with van der Waals surface area (Å²) in [5, 5.41) is 3.06. The van der Waals surface area contributed by atoms with E-state index in [1.165, 1.54) is 12.3 Å². The van der Waals surface area contributed by atoms with Crippen LogP contribution in [0.5, 0.6) is 5.75 Å². The van der Waals surface area contributed by atoms with Crippen LogP contribution in [-0.2, 0) is 4.74 Å². The Morgan fingerprint density at radius 1 is 1.29 bits per heavy atom. The maximum Gasteiger partial charge on any atom is 0.255 e. The number of methoxy groups -OCH3 is 1. The van der Waals surface area contributed by atoms with Gasteiger partial charge in [0.05, 0.1) is 6.61 Å². The van der Waals surface area contributed by atoms with Gasteiger partial charge in [-0.1, -0.05) is 17.7 Å². The fourth-order valence-electron chi connectivity index (χ4n) is 1.65. The van der Waals surface area contributed by atoms with Crippen LogP contribution in [0.2, 0.25) is 5.15 Å². The average Bonchev–Trinajstić information content (AvgIpc) is 2.48. The van der Waals surface area contributed by atoms with Crippen molar-refractivity contribution >= 4 is 23.2 Å². The monoisotopic (exact) mass is 306 g/mol. The van der Waals surface area contributed by atoms with Crippen LogP contribution in [0.3, 0.4) is 0 Å². The number of nitrogens with zero attached hydrogens (tertiary/aromatic N) is 1. The molecule has 6 heteroatoms. The number of carbonyl (C=O) groups is 1. The molecule has 1 amide bonds. The minimum Gasteiger partial charge on any atom is -0.491 e. The third-order valence-corrected chi connectivity index (χ3v) is 2.84. The van der Waals surface area contributed by atoms with Crippen molar-refractivity contribution in [2.45, 2.75) is 0 Å². The standard InChI is InChI=1S/C15H15ClN2O3/c1-20-7-8-21-13-4-2-3-12(10-13)18-15(19)11-5-6-17-14(16)9-11/h2-6,9-10H,7-8H2,1H3,(H,18,19). The lowest BCUT2D eigenvalue weighted by atomic mass is 10.2. The molecule has 1 aromatic heterocycles. The van der Waals surface area contributed by atoms with Crippen molar-refractivity contribution in [3.63, 3.8) is 0 Å². The highest BCUT2D eigenvalue weighted by molar-refractivity contribution is 6.29. The number of ether oxygens (including phenoxy) is 2. The molecule has 0 radical (unpaired) electrons. The Bertz CT molecular complexity index is 619. The summed E-state index contributed by atoms with van der Waals surface area (Å²) in [6, 6.07) is 10.3. The molecular formula is C15H15ClN2O3. The molecule has 0 saturated carbocycles. The highest BCUT2D eigenvalue weighted by atomic mass is 35.5. The molecule has 2 aromatic rings. The van der Waals surface area contributed by atoms with Crippen LogP contribution in [0, 0.1) is 0 Å². The lowest BCUT2D eigenvalue weighted by Crippen LogP contribution is -2.12. The van der Waals surface area contributed by atoms with E-state index >= 15 is 0 Å². The normalized spacial score (nSPS) is 10.2. The van der Waals surface area contributed by atoms with Crippen LogP contribution < -0.4 is 10.1 Å². The van der Waals surface area contributed by atoms with Crippen LogP contribution >= 0.6 is 11.6 Å². The first-order valence-corrected chi connectivity index (χ1v) is 6.71. The fraction of sp³-hybridized carbons (Fsp3) is 0.200. The van der Waals surface area contributed by atoms with Crippen LogP contribution in [0.25, 0.3) is 0 Å². The second-order valence-electron chi connectivity index (χ2n) is 4.19. The Hall–Kier alpha value is -2.11. The molecule has 0 spiro atoms. The number of nitrogens with one attached hydrogen (secondary N) is 1. The molecule has 0 saturated heterocycles. The first-order chi connectivity index (χ1) is 10.2. The molecule has 5 nitrogen and oxygen atoms in total. The van der Waals surface area contributed by atoms with Gasteiger partial charge in [-0.05, 0) is 24.3 Å². The summed E-state index contributed by atoms with van der Waals surface area (Å²) in [6.07, 6.45) is 1.49. The molecule has 21 heavy (non-hydrogen) atoms.